The van der Waals surface area contributed by atoms with Gasteiger partial charge in [0.25, 0.3) is 5.91 Å². The minimum absolute atomic E-state index is 0.00365. The predicted molar refractivity (Wildman–Crippen MR) is 67.4 cm³/mol. The second-order valence-electron chi connectivity index (χ2n) is 3.29. The quantitative estimate of drug-likeness (QED) is 0.728. The van der Waals surface area contributed by atoms with Gasteiger partial charge in [0.05, 0.1) is 18.7 Å². The smallest absolute Gasteiger partial charge is 0.311 e. The number of rotatable bonds is 6. The number of nitrogen functional groups attached to an aromatic ring is 1. The fraction of sp³-hybridized carbons (Fsp3) is 0.500. The van der Waals surface area contributed by atoms with Gasteiger partial charge in [-0.25, -0.2) is 4.98 Å². The Morgan fingerprint density at radius 2 is 2.22 bits per heavy atom. The Bertz CT molecular complexity index is 433. The highest BCUT2D eigenvalue weighted by Crippen LogP contribution is 2.25. The Hall–Kier alpha value is -1.67. The summed E-state index contributed by atoms with van der Waals surface area (Å²) in [6, 6.07) is 0. The molecule has 18 heavy (non-hydrogen) atoms. The molecule has 1 aromatic heterocycles. The maximum absolute atomic E-state index is 11.3. The zero-order valence-electron chi connectivity index (χ0n) is 10.2. The molecule has 0 fully saturated rings. The highest BCUT2D eigenvalue weighted by atomic mass is 32.1. The van der Waals surface area contributed by atoms with Crippen molar-refractivity contribution in [1.82, 2.24) is 4.98 Å². The lowest BCUT2D eigenvalue weighted by atomic mass is 10.3. The van der Waals surface area contributed by atoms with E-state index >= 15 is 0 Å². The van der Waals surface area contributed by atoms with E-state index in [2.05, 4.69) is 15.0 Å². The van der Waals surface area contributed by atoms with Gasteiger partial charge < -0.3 is 15.2 Å². The molecule has 100 valence electrons. The van der Waals surface area contributed by atoms with E-state index in [1.165, 1.54) is 7.11 Å². The normalized spacial score (nSPS) is 10.1. The first kappa shape index (κ1) is 14.4. The summed E-state index contributed by atoms with van der Waals surface area (Å²) < 4.78 is 9.46. The van der Waals surface area contributed by atoms with Gasteiger partial charge >= 0.3 is 5.97 Å². The first-order valence-corrected chi connectivity index (χ1v) is 6.08. The molecule has 0 aliphatic heterocycles. The van der Waals surface area contributed by atoms with Crippen molar-refractivity contribution in [2.75, 3.05) is 31.4 Å². The van der Waals surface area contributed by atoms with Gasteiger partial charge in [0.1, 0.15) is 11.6 Å². The van der Waals surface area contributed by atoms with E-state index in [0.717, 1.165) is 11.3 Å². The Labute approximate surface area is 108 Å². The molecule has 0 saturated carbocycles. The minimum Gasteiger partial charge on any atom is -0.466 e. The van der Waals surface area contributed by atoms with Gasteiger partial charge in [-0.2, -0.15) is 0 Å². The lowest BCUT2D eigenvalue weighted by Crippen LogP contribution is -2.17. The zero-order valence-corrected chi connectivity index (χ0v) is 11.0. The van der Waals surface area contributed by atoms with Gasteiger partial charge in [-0.05, 0) is 6.92 Å². The summed E-state index contributed by atoms with van der Waals surface area (Å²) in [5.41, 5.74) is 6.11. The van der Waals surface area contributed by atoms with Crippen molar-refractivity contribution in [2.24, 2.45) is 0 Å². The summed E-state index contributed by atoms with van der Waals surface area (Å²) in [5, 5.41) is 3.25. The Morgan fingerprint density at radius 3 is 2.83 bits per heavy atom. The van der Waals surface area contributed by atoms with Crippen molar-refractivity contribution >= 4 is 33.3 Å². The molecule has 7 nitrogen and oxygen atoms in total. The molecule has 0 aliphatic carbocycles. The molecule has 1 amide bonds. The second kappa shape index (κ2) is 6.92. The standard InChI is InChI=1S/C10H15N3O4S/c1-3-17-8(15)4-6-9(11)18-10(12-6)13-7(14)5-16-2/h3-5,11H2,1-2H3,(H,12,13,14). The van der Waals surface area contributed by atoms with Crippen LogP contribution < -0.4 is 11.1 Å². The van der Waals surface area contributed by atoms with Crippen LogP contribution in [0.25, 0.3) is 0 Å². The van der Waals surface area contributed by atoms with Crippen molar-refractivity contribution in [1.29, 1.82) is 0 Å². The van der Waals surface area contributed by atoms with Gasteiger partial charge in [0, 0.05) is 7.11 Å². The molecule has 0 bridgehead atoms. The number of anilines is 2. The molecule has 0 spiro atoms. The number of aromatic nitrogens is 1. The number of carbonyl (C=O) groups excluding carboxylic acids is 2. The first-order valence-electron chi connectivity index (χ1n) is 5.26. The Kier molecular flexibility index (Phi) is 5.53. The van der Waals surface area contributed by atoms with Crippen molar-refractivity contribution in [2.45, 2.75) is 13.3 Å². The lowest BCUT2D eigenvalue weighted by molar-refractivity contribution is -0.142. The van der Waals surface area contributed by atoms with Crippen LogP contribution in [0.2, 0.25) is 0 Å². The molecule has 0 aromatic carbocycles. The molecule has 1 rings (SSSR count). The lowest BCUT2D eigenvalue weighted by Gasteiger charge is -2.00. The topological polar surface area (TPSA) is 104 Å². The number of hydrogen-bond acceptors (Lipinski definition) is 7. The van der Waals surface area contributed by atoms with Gasteiger partial charge in [-0.15, -0.1) is 0 Å². The molecule has 0 atom stereocenters. The number of esters is 1. The third-order valence-corrected chi connectivity index (χ3v) is 2.71. The zero-order chi connectivity index (χ0) is 13.5. The number of carbonyl (C=O) groups is 2. The molecule has 0 radical (unpaired) electrons. The fourth-order valence-electron chi connectivity index (χ4n) is 1.18. The highest BCUT2D eigenvalue weighted by molar-refractivity contribution is 7.19. The van der Waals surface area contributed by atoms with Gasteiger partial charge in [-0.3, -0.25) is 14.9 Å². The number of nitrogens with one attached hydrogen (secondary N) is 1. The van der Waals surface area contributed by atoms with E-state index in [4.69, 9.17) is 10.5 Å². The van der Waals surface area contributed by atoms with E-state index in [0.29, 0.717) is 22.4 Å². The van der Waals surface area contributed by atoms with Crippen LogP contribution in [-0.2, 0) is 25.5 Å². The van der Waals surface area contributed by atoms with Crippen molar-refractivity contribution in [3.63, 3.8) is 0 Å². The molecule has 0 unspecified atom stereocenters. The summed E-state index contributed by atoms with van der Waals surface area (Å²) >= 11 is 1.10. The van der Waals surface area contributed by atoms with Gasteiger partial charge in [0.2, 0.25) is 0 Å². The van der Waals surface area contributed by atoms with Crippen LogP contribution in [0.15, 0.2) is 0 Å². The van der Waals surface area contributed by atoms with Gasteiger partial charge in [-0.1, -0.05) is 11.3 Å². The van der Waals surface area contributed by atoms with Crippen molar-refractivity contribution < 1.29 is 19.1 Å². The number of thiazole rings is 1. The maximum Gasteiger partial charge on any atom is 0.311 e. The Balaban J connectivity index is 2.63. The van der Waals surface area contributed by atoms with Crippen LogP contribution in [0, 0.1) is 0 Å². The average Bonchev–Trinajstić information content (AvgIpc) is 2.59. The van der Waals surface area contributed by atoms with E-state index in [9.17, 15) is 9.59 Å². The molecular formula is C10H15N3O4S. The van der Waals surface area contributed by atoms with Crippen LogP contribution in [-0.4, -0.2) is 37.2 Å². The molecule has 1 aromatic rings. The minimum atomic E-state index is -0.399. The third kappa shape index (κ3) is 4.30. The summed E-state index contributed by atoms with van der Waals surface area (Å²) in [4.78, 5) is 26.6. The second-order valence-corrected chi connectivity index (χ2v) is 4.32. The molecule has 0 saturated heterocycles. The largest absolute Gasteiger partial charge is 0.466 e. The summed E-state index contributed by atoms with van der Waals surface area (Å²) in [5.74, 6) is -0.724. The molecule has 3 N–H and O–H groups in total. The molecule has 8 heteroatoms. The number of nitrogens with two attached hydrogens (primary N) is 1. The average molecular weight is 273 g/mol. The summed E-state index contributed by atoms with van der Waals surface area (Å²) in [6.45, 7) is 1.96. The molecular weight excluding hydrogens is 258 g/mol. The van der Waals surface area contributed by atoms with Gasteiger partial charge in [0.15, 0.2) is 5.13 Å². The Morgan fingerprint density at radius 1 is 1.50 bits per heavy atom. The number of methoxy groups -OCH3 is 1. The van der Waals surface area contributed by atoms with Crippen LogP contribution in [0.4, 0.5) is 10.1 Å². The molecule has 1 heterocycles. The first-order chi connectivity index (χ1) is 8.56. The number of nitrogens with zero attached hydrogens (tertiary/aromatic N) is 1. The monoisotopic (exact) mass is 273 g/mol. The van der Waals surface area contributed by atoms with E-state index in [-0.39, 0.29) is 18.9 Å². The summed E-state index contributed by atoms with van der Waals surface area (Å²) in [6.07, 6.45) is -0.00365. The fourth-order valence-corrected chi connectivity index (χ4v) is 1.94. The third-order valence-electron chi connectivity index (χ3n) is 1.87. The SMILES string of the molecule is CCOC(=O)Cc1nc(NC(=O)COC)sc1N. The number of hydrogen-bond donors (Lipinski definition) is 2. The van der Waals surface area contributed by atoms with Crippen LogP contribution in [0.1, 0.15) is 12.6 Å². The van der Waals surface area contributed by atoms with Crippen LogP contribution in [0.3, 0.4) is 0 Å². The van der Waals surface area contributed by atoms with Crippen molar-refractivity contribution in [3.8, 4) is 0 Å². The number of amides is 1. The van der Waals surface area contributed by atoms with E-state index < -0.39 is 5.97 Å². The highest BCUT2D eigenvalue weighted by Gasteiger charge is 2.14. The van der Waals surface area contributed by atoms with E-state index in [1.807, 2.05) is 0 Å². The van der Waals surface area contributed by atoms with Crippen LogP contribution in [0.5, 0.6) is 0 Å². The maximum atomic E-state index is 11.3. The van der Waals surface area contributed by atoms with Crippen molar-refractivity contribution in [3.05, 3.63) is 5.69 Å². The summed E-state index contributed by atoms with van der Waals surface area (Å²) in [7, 11) is 1.42. The predicted octanol–water partition coefficient (Wildman–Crippen LogP) is 0.416. The molecule has 0 aliphatic rings. The van der Waals surface area contributed by atoms with E-state index in [1.54, 1.807) is 6.92 Å². The number of ether oxygens (including phenoxy) is 2. The van der Waals surface area contributed by atoms with Crippen LogP contribution >= 0.6 is 11.3 Å².